The molecule has 0 saturated carbocycles. The predicted octanol–water partition coefficient (Wildman–Crippen LogP) is 1.99. The van der Waals surface area contributed by atoms with E-state index in [0.29, 0.717) is 11.5 Å². The molecule has 0 radical (unpaired) electrons. The van der Waals surface area contributed by atoms with Crippen LogP contribution in [0.25, 0.3) is 0 Å². The SMILES string of the molecule is COc1ccc(S(=O)(=O)N(CC(=O)O)c2ccc(OC)cc2OC)cc1. The Balaban J connectivity index is 2.57. The van der Waals surface area contributed by atoms with Crippen molar-refractivity contribution in [2.75, 3.05) is 32.2 Å². The van der Waals surface area contributed by atoms with E-state index < -0.39 is 22.5 Å². The Kier molecular flexibility index (Phi) is 5.93. The minimum Gasteiger partial charge on any atom is -0.497 e. The summed E-state index contributed by atoms with van der Waals surface area (Å²) in [4.78, 5) is 11.2. The number of hydrogen-bond acceptors (Lipinski definition) is 6. The molecule has 0 fully saturated rings. The topological polar surface area (TPSA) is 102 Å². The summed E-state index contributed by atoms with van der Waals surface area (Å²) in [7, 11) is 0.125. The third-order valence-electron chi connectivity index (χ3n) is 3.58. The number of hydrogen-bond donors (Lipinski definition) is 1. The number of sulfonamides is 1. The minimum atomic E-state index is -4.15. The lowest BCUT2D eigenvalue weighted by Crippen LogP contribution is -2.36. The van der Waals surface area contributed by atoms with E-state index in [0.717, 1.165) is 4.31 Å². The maximum Gasteiger partial charge on any atom is 0.324 e. The molecule has 26 heavy (non-hydrogen) atoms. The average Bonchev–Trinajstić information content (AvgIpc) is 2.65. The number of carboxylic acids is 1. The first kappa shape index (κ1) is 19.4. The highest BCUT2D eigenvalue weighted by molar-refractivity contribution is 7.92. The lowest BCUT2D eigenvalue weighted by atomic mass is 10.2. The summed E-state index contributed by atoms with van der Waals surface area (Å²) in [6.45, 7) is -0.767. The summed E-state index contributed by atoms with van der Waals surface area (Å²) in [5.74, 6) is -0.207. The molecule has 0 unspecified atom stereocenters. The quantitative estimate of drug-likeness (QED) is 0.746. The van der Waals surface area contributed by atoms with E-state index in [1.165, 1.54) is 63.8 Å². The van der Waals surface area contributed by atoms with E-state index in [1.807, 2.05) is 0 Å². The summed E-state index contributed by atoms with van der Waals surface area (Å²) in [5, 5.41) is 9.21. The van der Waals surface area contributed by atoms with Gasteiger partial charge in [-0.1, -0.05) is 0 Å². The van der Waals surface area contributed by atoms with Gasteiger partial charge in [0.2, 0.25) is 0 Å². The molecule has 0 aliphatic rings. The van der Waals surface area contributed by atoms with Crippen molar-refractivity contribution in [1.82, 2.24) is 0 Å². The van der Waals surface area contributed by atoms with Gasteiger partial charge in [0.1, 0.15) is 23.8 Å². The fourth-order valence-corrected chi connectivity index (χ4v) is 3.71. The number of nitrogens with zero attached hydrogens (tertiary/aromatic N) is 1. The molecular weight excluding hydrogens is 362 g/mol. The zero-order chi connectivity index (χ0) is 19.3. The molecule has 1 N–H and O–H groups in total. The standard InChI is InChI=1S/C17H19NO7S/c1-23-12-4-7-14(8-5-12)26(21,22)18(11-17(19)20)15-9-6-13(24-2)10-16(15)25-3/h4-10H,11H2,1-3H3,(H,19,20). The van der Waals surface area contributed by atoms with Gasteiger partial charge in [0, 0.05) is 6.07 Å². The zero-order valence-corrected chi connectivity index (χ0v) is 15.3. The lowest BCUT2D eigenvalue weighted by molar-refractivity contribution is -0.135. The van der Waals surface area contributed by atoms with Crippen molar-refractivity contribution in [3.63, 3.8) is 0 Å². The number of ether oxygens (including phenoxy) is 3. The van der Waals surface area contributed by atoms with Crippen LogP contribution in [0.5, 0.6) is 17.2 Å². The van der Waals surface area contributed by atoms with E-state index in [9.17, 15) is 18.3 Å². The molecular formula is C17H19NO7S. The molecule has 2 aromatic rings. The van der Waals surface area contributed by atoms with Crippen LogP contribution < -0.4 is 18.5 Å². The van der Waals surface area contributed by atoms with Crippen LogP contribution in [0.1, 0.15) is 0 Å². The van der Waals surface area contributed by atoms with Gasteiger partial charge in [-0.05, 0) is 36.4 Å². The first-order chi connectivity index (χ1) is 12.3. The predicted molar refractivity (Wildman–Crippen MR) is 94.7 cm³/mol. The van der Waals surface area contributed by atoms with Crippen molar-refractivity contribution in [2.24, 2.45) is 0 Å². The first-order valence-corrected chi connectivity index (χ1v) is 8.88. The van der Waals surface area contributed by atoms with Gasteiger partial charge in [-0.3, -0.25) is 9.10 Å². The monoisotopic (exact) mass is 381 g/mol. The van der Waals surface area contributed by atoms with Gasteiger partial charge in [-0.15, -0.1) is 0 Å². The molecule has 0 bridgehead atoms. The number of carbonyl (C=O) groups is 1. The Morgan fingerprint density at radius 2 is 1.54 bits per heavy atom. The largest absolute Gasteiger partial charge is 0.497 e. The number of benzene rings is 2. The molecule has 0 atom stereocenters. The maximum atomic E-state index is 13.0. The van der Waals surface area contributed by atoms with E-state index in [4.69, 9.17) is 14.2 Å². The normalized spacial score (nSPS) is 10.9. The number of anilines is 1. The van der Waals surface area contributed by atoms with Crippen molar-refractivity contribution in [3.05, 3.63) is 42.5 Å². The van der Waals surface area contributed by atoms with Gasteiger partial charge in [-0.25, -0.2) is 8.42 Å². The average molecular weight is 381 g/mol. The van der Waals surface area contributed by atoms with Gasteiger partial charge in [0.05, 0.1) is 31.9 Å². The van der Waals surface area contributed by atoms with Crippen LogP contribution in [-0.2, 0) is 14.8 Å². The molecule has 9 heteroatoms. The summed E-state index contributed by atoms with van der Waals surface area (Å²) < 4.78 is 42.2. The van der Waals surface area contributed by atoms with Crippen molar-refractivity contribution < 1.29 is 32.5 Å². The Labute approximate surface area is 151 Å². The van der Waals surface area contributed by atoms with Crippen LogP contribution in [0, 0.1) is 0 Å². The molecule has 140 valence electrons. The summed E-state index contributed by atoms with van der Waals surface area (Å²) in [6.07, 6.45) is 0. The number of aliphatic carboxylic acids is 1. The molecule has 0 spiro atoms. The van der Waals surface area contributed by atoms with Crippen LogP contribution in [0.15, 0.2) is 47.4 Å². The molecule has 0 aromatic heterocycles. The fraction of sp³-hybridized carbons (Fsp3) is 0.235. The molecule has 0 amide bonds. The van der Waals surface area contributed by atoms with Crippen LogP contribution in [0.4, 0.5) is 5.69 Å². The van der Waals surface area contributed by atoms with E-state index >= 15 is 0 Å². The Hall–Kier alpha value is -2.94. The minimum absolute atomic E-state index is 0.0718. The third-order valence-corrected chi connectivity index (χ3v) is 5.36. The van der Waals surface area contributed by atoms with Crippen LogP contribution in [0.3, 0.4) is 0 Å². The van der Waals surface area contributed by atoms with Gasteiger partial charge in [-0.2, -0.15) is 0 Å². The van der Waals surface area contributed by atoms with Gasteiger partial charge >= 0.3 is 5.97 Å². The van der Waals surface area contributed by atoms with E-state index in [1.54, 1.807) is 0 Å². The van der Waals surface area contributed by atoms with Gasteiger partial charge < -0.3 is 19.3 Å². The Bertz CT molecular complexity index is 878. The van der Waals surface area contributed by atoms with Crippen LogP contribution in [-0.4, -0.2) is 47.4 Å². The summed E-state index contributed by atoms with van der Waals surface area (Å²) in [5.41, 5.74) is 0.0894. The highest BCUT2D eigenvalue weighted by atomic mass is 32.2. The Morgan fingerprint density at radius 3 is 2.04 bits per heavy atom. The van der Waals surface area contributed by atoms with Gasteiger partial charge in [0.25, 0.3) is 10.0 Å². The van der Waals surface area contributed by atoms with Crippen molar-refractivity contribution in [2.45, 2.75) is 4.90 Å². The van der Waals surface area contributed by atoms with Crippen molar-refractivity contribution in [1.29, 1.82) is 0 Å². The molecule has 0 heterocycles. The number of rotatable bonds is 8. The van der Waals surface area contributed by atoms with E-state index in [-0.39, 0.29) is 16.3 Å². The first-order valence-electron chi connectivity index (χ1n) is 7.44. The molecule has 0 aliphatic heterocycles. The zero-order valence-electron chi connectivity index (χ0n) is 14.5. The number of methoxy groups -OCH3 is 3. The number of carboxylic acid groups (broad SMARTS) is 1. The summed E-state index contributed by atoms with van der Waals surface area (Å²) >= 11 is 0. The van der Waals surface area contributed by atoms with Crippen LogP contribution in [0.2, 0.25) is 0 Å². The molecule has 2 rings (SSSR count). The molecule has 8 nitrogen and oxygen atoms in total. The maximum absolute atomic E-state index is 13.0. The second-order valence-corrected chi connectivity index (χ2v) is 6.98. The highest BCUT2D eigenvalue weighted by Crippen LogP contribution is 2.35. The smallest absolute Gasteiger partial charge is 0.324 e. The second-order valence-electron chi connectivity index (χ2n) is 5.12. The Morgan fingerprint density at radius 1 is 0.962 bits per heavy atom. The van der Waals surface area contributed by atoms with Crippen LogP contribution >= 0.6 is 0 Å². The molecule has 0 saturated heterocycles. The second kappa shape index (κ2) is 7.96. The van der Waals surface area contributed by atoms with Crippen molar-refractivity contribution >= 4 is 21.7 Å². The van der Waals surface area contributed by atoms with Gasteiger partial charge in [0.15, 0.2) is 0 Å². The summed E-state index contributed by atoms with van der Waals surface area (Å²) in [6, 6.07) is 10.1. The van der Waals surface area contributed by atoms with Crippen molar-refractivity contribution in [3.8, 4) is 17.2 Å². The lowest BCUT2D eigenvalue weighted by Gasteiger charge is -2.24. The highest BCUT2D eigenvalue weighted by Gasteiger charge is 2.29. The molecule has 0 aliphatic carbocycles. The third kappa shape index (κ3) is 3.99. The molecule has 2 aromatic carbocycles. The fourth-order valence-electron chi connectivity index (χ4n) is 2.29. The van der Waals surface area contributed by atoms with E-state index in [2.05, 4.69) is 0 Å².